The lowest BCUT2D eigenvalue weighted by Gasteiger charge is -2.63. The van der Waals surface area contributed by atoms with Crippen LogP contribution in [0.4, 0.5) is 0 Å². The Bertz CT molecular complexity index is 639. The lowest BCUT2D eigenvalue weighted by atomic mass is 9.44. The minimum atomic E-state index is -0.449. The molecule has 4 aliphatic carbocycles. The van der Waals surface area contributed by atoms with Crippen LogP contribution in [0.3, 0.4) is 0 Å². The second-order valence-electron chi connectivity index (χ2n) is 12.7. The first kappa shape index (κ1) is 21.7. The number of nitrogens with one attached hydrogen (secondary N) is 1. The van der Waals surface area contributed by atoms with Crippen LogP contribution in [0, 0.1) is 34.5 Å². The van der Waals surface area contributed by atoms with Gasteiger partial charge in [-0.15, -0.1) is 0 Å². The molecule has 7 unspecified atom stereocenters. The second-order valence-corrected chi connectivity index (χ2v) is 12.7. The molecule has 172 valence electrons. The van der Waals surface area contributed by atoms with E-state index in [-0.39, 0.29) is 17.1 Å². The van der Waals surface area contributed by atoms with Gasteiger partial charge in [0.1, 0.15) is 0 Å². The van der Waals surface area contributed by atoms with E-state index in [1.807, 2.05) is 0 Å². The zero-order valence-corrected chi connectivity index (χ0v) is 20.1. The van der Waals surface area contributed by atoms with Gasteiger partial charge in [0.15, 0.2) is 5.79 Å². The molecule has 4 heteroatoms. The van der Waals surface area contributed by atoms with E-state index < -0.39 is 5.79 Å². The maximum absolute atomic E-state index is 6.66. The SMILES string of the molecule is CC(C)(C)NOC1CC2C(CCC3CCCCC32C)C2CCC3(OCCCO3)C12C. The van der Waals surface area contributed by atoms with Crippen molar-refractivity contribution in [3.63, 3.8) is 0 Å². The van der Waals surface area contributed by atoms with Gasteiger partial charge in [0.05, 0.1) is 24.7 Å². The second kappa shape index (κ2) is 7.43. The van der Waals surface area contributed by atoms with Gasteiger partial charge >= 0.3 is 0 Å². The number of rotatable bonds is 2. The third-order valence-electron chi connectivity index (χ3n) is 10.2. The molecule has 1 saturated heterocycles. The molecule has 0 aromatic heterocycles. The Hall–Kier alpha value is -0.160. The van der Waals surface area contributed by atoms with Gasteiger partial charge in [0, 0.05) is 12.0 Å². The van der Waals surface area contributed by atoms with Gasteiger partial charge in [-0.05, 0) is 94.8 Å². The van der Waals surface area contributed by atoms with Gasteiger partial charge < -0.3 is 9.47 Å². The van der Waals surface area contributed by atoms with Gasteiger partial charge in [-0.25, -0.2) is 0 Å². The minimum Gasteiger partial charge on any atom is -0.349 e. The molecule has 1 aliphatic heterocycles. The fourth-order valence-corrected chi connectivity index (χ4v) is 8.67. The molecule has 0 radical (unpaired) electrons. The predicted molar refractivity (Wildman–Crippen MR) is 119 cm³/mol. The Morgan fingerprint density at radius 1 is 0.867 bits per heavy atom. The van der Waals surface area contributed by atoms with Gasteiger partial charge in [0.25, 0.3) is 0 Å². The first-order chi connectivity index (χ1) is 14.2. The average Bonchev–Trinajstić information content (AvgIpc) is 2.99. The molecule has 0 amide bonds. The molecule has 7 atom stereocenters. The van der Waals surface area contributed by atoms with Crippen LogP contribution < -0.4 is 5.48 Å². The molecule has 5 rings (SSSR count). The summed E-state index contributed by atoms with van der Waals surface area (Å²) >= 11 is 0. The average molecular weight is 420 g/mol. The first-order valence-electron chi connectivity index (χ1n) is 12.9. The Morgan fingerprint density at radius 3 is 2.37 bits per heavy atom. The van der Waals surface area contributed by atoms with Crippen LogP contribution >= 0.6 is 0 Å². The highest BCUT2D eigenvalue weighted by molar-refractivity contribution is 5.15. The quantitative estimate of drug-likeness (QED) is 0.570. The molecule has 1 N–H and O–H groups in total. The third kappa shape index (κ3) is 3.15. The zero-order valence-electron chi connectivity index (χ0n) is 20.1. The van der Waals surface area contributed by atoms with Crippen LogP contribution in [0.25, 0.3) is 0 Å². The monoisotopic (exact) mass is 419 g/mol. The molecule has 5 fully saturated rings. The normalized spacial score (nSPS) is 48.1. The van der Waals surface area contributed by atoms with Crippen molar-refractivity contribution < 1.29 is 14.3 Å². The molecule has 30 heavy (non-hydrogen) atoms. The van der Waals surface area contributed by atoms with Gasteiger partial charge in [0.2, 0.25) is 0 Å². The molecule has 0 bridgehead atoms. The van der Waals surface area contributed by atoms with Gasteiger partial charge in [-0.1, -0.05) is 26.7 Å². The molecule has 0 aromatic carbocycles. The van der Waals surface area contributed by atoms with Crippen molar-refractivity contribution in [3.05, 3.63) is 0 Å². The molecule has 4 saturated carbocycles. The van der Waals surface area contributed by atoms with Crippen molar-refractivity contribution in [1.82, 2.24) is 5.48 Å². The summed E-state index contributed by atoms with van der Waals surface area (Å²) in [6, 6.07) is 0. The Kier molecular flexibility index (Phi) is 5.37. The standard InChI is InChI=1S/C26H45NO3/c1-23(2,3)27-30-22-17-21-19(11-10-18-9-6-7-13-24(18,21)4)20-12-14-26(25(20,22)5)28-15-8-16-29-26/h18-22,27H,6-17H2,1-5H3. The van der Waals surface area contributed by atoms with E-state index >= 15 is 0 Å². The van der Waals surface area contributed by atoms with E-state index in [1.165, 1.54) is 44.9 Å². The summed E-state index contributed by atoms with van der Waals surface area (Å²) in [6.45, 7) is 13.3. The molecule has 0 aromatic rings. The van der Waals surface area contributed by atoms with Gasteiger partial charge in [-0.3, -0.25) is 4.84 Å². The lowest BCUT2D eigenvalue weighted by Crippen LogP contribution is -2.65. The van der Waals surface area contributed by atoms with Crippen LogP contribution in [0.15, 0.2) is 0 Å². The number of fused-ring (bicyclic) bond motifs is 6. The number of hydroxylamine groups is 1. The third-order valence-corrected chi connectivity index (χ3v) is 10.2. The van der Waals surface area contributed by atoms with E-state index in [1.54, 1.807) is 0 Å². The summed E-state index contributed by atoms with van der Waals surface area (Å²) in [6.07, 6.45) is 13.1. The summed E-state index contributed by atoms with van der Waals surface area (Å²) in [5.74, 6) is 2.69. The van der Waals surface area contributed by atoms with Crippen LogP contribution in [0.5, 0.6) is 0 Å². The van der Waals surface area contributed by atoms with Gasteiger partial charge in [-0.2, -0.15) is 5.48 Å². The van der Waals surface area contributed by atoms with Crippen molar-refractivity contribution in [2.24, 2.45) is 34.5 Å². The Balaban J connectivity index is 1.51. The van der Waals surface area contributed by atoms with Crippen molar-refractivity contribution >= 4 is 0 Å². The van der Waals surface area contributed by atoms with Crippen molar-refractivity contribution in [2.75, 3.05) is 13.2 Å². The molecule has 1 spiro atoms. The van der Waals surface area contributed by atoms with Crippen LogP contribution in [0.1, 0.15) is 98.8 Å². The fraction of sp³-hybridized carbons (Fsp3) is 1.00. The van der Waals surface area contributed by atoms with Crippen LogP contribution in [-0.4, -0.2) is 30.6 Å². The zero-order chi connectivity index (χ0) is 21.2. The van der Waals surface area contributed by atoms with E-state index in [2.05, 4.69) is 40.1 Å². The number of ether oxygens (including phenoxy) is 2. The lowest BCUT2D eigenvalue weighted by molar-refractivity contribution is -0.352. The Morgan fingerprint density at radius 2 is 1.63 bits per heavy atom. The first-order valence-corrected chi connectivity index (χ1v) is 12.9. The maximum Gasteiger partial charge on any atom is 0.176 e. The maximum atomic E-state index is 6.66. The number of hydrogen-bond donors (Lipinski definition) is 1. The fourth-order valence-electron chi connectivity index (χ4n) is 8.67. The van der Waals surface area contributed by atoms with E-state index in [4.69, 9.17) is 14.3 Å². The van der Waals surface area contributed by atoms with E-state index in [9.17, 15) is 0 Å². The summed E-state index contributed by atoms with van der Waals surface area (Å²) in [4.78, 5) is 6.66. The summed E-state index contributed by atoms with van der Waals surface area (Å²) < 4.78 is 13.1. The van der Waals surface area contributed by atoms with Crippen LogP contribution in [-0.2, 0) is 14.3 Å². The largest absolute Gasteiger partial charge is 0.349 e. The topological polar surface area (TPSA) is 39.7 Å². The van der Waals surface area contributed by atoms with Crippen molar-refractivity contribution in [2.45, 2.75) is 116 Å². The highest BCUT2D eigenvalue weighted by Gasteiger charge is 2.70. The van der Waals surface area contributed by atoms with E-state index in [0.717, 1.165) is 50.2 Å². The molecular formula is C26H45NO3. The molecule has 1 heterocycles. The highest BCUT2D eigenvalue weighted by atomic mass is 16.7. The number of hydrogen-bond acceptors (Lipinski definition) is 4. The molecule has 5 aliphatic rings. The molecular weight excluding hydrogens is 374 g/mol. The highest BCUT2D eigenvalue weighted by Crippen LogP contribution is 2.69. The minimum absolute atomic E-state index is 0.0629. The Labute approximate surface area is 184 Å². The predicted octanol–water partition coefficient (Wildman–Crippen LogP) is 5.85. The summed E-state index contributed by atoms with van der Waals surface area (Å²) in [7, 11) is 0. The smallest absolute Gasteiger partial charge is 0.176 e. The van der Waals surface area contributed by atoms with E-state index in [0.29, 0.717) is 11.3 Å². The van der Waals surface area contributed by atoms with Crippen molar-refractivity contribution in [1.29, 1.82) is 0 Å². The van der Waals surface area contributed by atoms with Crippen LogP contribution in [0.2, 0.25) is 0 Å². The summed E-state index contributed by atoms with van der Waals surface area (Å²) in [5.41, 5.74) is 3.77. The van der Waals surface area contributed by atoms with Crippen molar-refractivity contribution in [3.8, 4) is 0 Å². The molecule has 4 nitrogen and oxygen atoms in total. The summed E-state index contributed by atoms with van der Waals surface area (Å²) in [5, 5.41) is 0.